The van der Waals surface area contributed by atoms with Crippen LogP contribution in [-0.2, 0) is 4.74 Å². The monoisotopic (exact) mass is 286 g/mol. The zero-order valence-corrected chi connectivity index (χ0v) is 10.8. The van der Waals surface area contributed by atoms with Crippen molar-refractivity contribution >= 4 is 29.2 Å². The molecule has 0 saturated carbocycles. The molecule has 0 amide bonds. The maximum atomic E-state index is 11.2. The van der Waals surface area contributed by atoms with Crippen molar-refractivity contribution in [2.45, 2.75) is 0 Å². The molecule has 2 aromatic rings. The Morgan fingerprint density at radius 2 is 2.00 bits per heavy atom. The first-order valence-corrected chi connectivity index (χ1v) is 5.67. The molecule has 0 unspecified atom stereocenters. The fourth-order valence-corrected chi connectivity index (χ4v) is 1.70. The van der Waals surface area contributed by atoms with Crippen LogP contribution in [0.3, 0.4) is 0 Å². The number of hydrogen-bond donors (Lipinski definition) is 0. The highest BCUT2D eigenvalue weighted by Crippen LogP contribution is 2.32. The van der Waals surface area contributed by atoms with E-state index >= 15 is 0 Å². The Hall–Kier alpha value is -1.65. The standard InChI is InChI=1S/C12H8Cl2O4/c1-16-12(15)10-4-5-11(18-10)17-9-3-2-7(13)6-8(9)14/h2-6H,1H3. The summed E-state index contributed by atoms with van der Waals surface area (Å²) in [5.41, 5.74) is 0. The molecule has 0 fully saturated rings. The molecule has 1 aromatic carbocycles. The van der Waals surface area contributed by atoms with Crippen LogP contribution >= 0.6 is 23.2 Å². The minimum Gasteiger partial charge on any atom is -0.463 e. The third kappa shape index (κ3) is 2.78. The molecular weight excluding hydrogens is 279 g/mol. The highest BCUT2D eigenvalue weighted by molar-refractivity contribution is 6.35. The number of carbonyl (C=O) groups is 1. The molecule has 0 bridgehead atoms. The Morgan fingerprint density at radius 1 is 1.22 bits per heavy atom. The second kappa shape index (κ2) is 5.33. The van der Waals surface area contributed by atoms with Crippen molar-refractivity contribution in [3.05, 3.63) is 46.1 Å². The summed E-state index contributed by atoms with van der Waals surface area (Å²) in [7, 11) is 1.27. The van der Waals surface area contributed by atoms with Crippen LogP contribution in [0.15, 0.2) is 34.7 Å². The maximum absolute atomic E-state index is 11.2. The SMILES string of the molecule is COC(=O)c1ccc(Oc2ccc(Cl)cc2Cl)o1. The summed E-state index contributed by atoms with van der Waals surface area (Å²) in [6, 6.07) is 7.72. The summed E-state index contributed by atoms with van der Waals surface area (Å²) in [6.07, 6.45) is 0. The van der Waals surface area contributed by atoms with E-state index in [0.29, 0.717) is 15.8 Å². The second-order valence-corrected chi connectivity index (χ2v) is 4.13. The Morgan fingerprint density at radius 3 is 2.67 bits per heavy atom. The fraction of sp³-hybridized carbons (Fsp3) is 0.0833. The molecule has 0 radical (unpaired) electrons. The van der Waals surface area contributed by atoms with E-state index in [1.165, 1.54) is 19.2 Å². The predicted molar refractivity (Wildman–Crippen MR) is 66.6 cm³/mol. The van der Waals surface area contributed by atoms with Gasteiger partial charge in [0.05, 0.1) is 12.1 Å². The lowest BCUT2D eigenvalue weighted by molar-refractivity contribution is 0.0560. The highest BCUT2D eigenvalue weighted by Gasteiger charge is 2.13. The Bertz CT molecular complexity index is 577. The minimum atomic E-state index is -0.577. The highest BCUT2D eigenvalue weighted by atomic mass is 35.5. The smallest absolute Gasteiger partial charge is 0.374 e. The van der Waals surface area contributed by atoms with Gasteiger partial charge >= 0.3 is 5.97 Å². The van der Waals surface area contributed by atoms with Gasteiger partial charge in [-0.1, -0.05) is 23.2 Å². The van der Waals surface area contributed by atoms with Crippen molar-refractivity contribution in [1.29, 1.82) is 0 Å². The number of hydrogen-bond acceptors (Lipinski definition) is 4. The fourth-order valence-electron chi connectivity index (χ4n) is 1.25. The van der Waals surface area contributed by atoms with Crippen LogP contribution in [-0.4, -0.2) is 13.1 Å². The maximum Gasteiger partial charge on any atom is 0.374 e. The molecule has 4 nitrogen and oxygen atoms in total. The molecule has 2 rings (SSSR count). The van der Waals surface area contributed by atoms with Crippen LogP contribution < -0.4 is 4.74 Å². The van der Waals surface area contributed by atoms with Crippen LogP contribution in [0.25, 0.3) is 0 Å². The first kappa shape index (κ1) is 12.8. The molecule has 0 N–H and O–H groups in total. The normalized spacial score (nSPS) is 10.2. The van der Waals surface area contributed by atoms with E-state index in [-0.39, 0.29) is 11.7 Å². The van der Waals surface area contributed by atoms with Crippen LogP contribution in [0.4, 0.5) is 0 Å². The van der Waals surface area contributed by atoms with E-state index in [0.717, 1.165) is 0 Å². The van der Waals surface area contributed by atoms with Gasteiger partial charge < -0.3 is 13.9 Å². The summed E-state index contributed by atoms with van der Waals surface area (Å²) in [5.74, 6) is -0.00362. The van der Waals surface area contributed by atoms with Crippen molar-refractivity contribution < 1.29 is 18.7 Å². The number of esters is 1. The van der Waals surface area contributed by atoms with E-state index in [9.17, 15) is 4.79 Å². The van der Waals surface area contributed by atoms with Gasteiger partial charge in [-0.15, -0.1) is 0 Å². The van der Waals surface area contributed by atoms with Crippen molar-refractivity contribution in [2.24, 2.45) is 0 Å². The molecule has 0 spiro atoms. The lowest BCUT2D eigenvalue weighted by Crippen LogP contribution is -1.98. The van der Waals surface area contributed by atoms with Gasteiger partial charge in [0, 0.05) is 11.1 Å². The molecule has 1 heterocycles. The van der Waals surface area contributed by atoms with Gasteiger partial charge in [-0.3, -0.25) is 0 Å². The van der Waals surface area contributed by atoms with E-state index in [1.807, 2.05) is 0 Å². The van der Waals surface area contributed by atoms with Crippen molar-refractivity contribution in [3.8, 4) is 11.7 Å². The largest absolute Gasteiger partial charge is 0.463 e. The Labute approximate surface area is 113 Å². The summed E-state index contributed by atoms with van der Waals surface area (Å²) in [5, 5.41) is 0.848. The van der Waals surface area contributed by atoms with E-state index in [2.05, 4.69) is 4.74 Å². The van der Waals surface area contributed by atoms with E-state index in [4.69, 9.17) is 32.4 Å². The molecule has 6 heteroatoms. The van der Waals surface area contributed by atoms with E-state index in [1.54, 1.807) is 18.2 Å². The lowest BCUT2D eigenvalue weighted by atomic mass is 10.3. The van der Waals surface area contributed by atoms with Crippen molar-refractivity contribution in [1.82, 2.24) is 0 Å². The average molecular weight is 287 g/mol. The van der Waals surface area contributed by atoms with Crippen LogP contribution in [0.2, 0.25) is 10.0 Å². The topological polar surface area (TPSA) is 48.7 Å². The average Bonchev–Trinajstić information content (AvgIpc) is 2.80. The first-order chi connectivity index (χ1) is 8.60. The molecule has 0 aliphatic carbocycles. The Balaban J connectivity index is 2.18. The second-order valence-electron chi connectivity index (χ2n) is 3.29. The van der Waals surface area contributed by atoms with Gasteiger partial charge in [0.1, 0.15) is 5.75 Å². The lowest BCUT2D eigenvalue weighted by Gasteiger charge is -2.04. The number of carbonyl (C=O) groups excluding carboxylic acids is 1. The Kier molecular flexibility index (Phi) is 3.79. The number of furan rings is 1. The summed E-state index contributed by atoms with van der Waals surface area (Å²) in [4.78, 5) is 11.2. The molecule has 1 aromatic heterocycles. The summed E-state index contributed by atoms with van der Waals surface area (Å²) >= 11 is 11.7. The molecule has 18 heavy (non-hydrogen) atoms. The predicted octanol–water partition coefficient (Wildman–Crippen LogP) is 4.17. The van der Waals surface area contributed by atoms with Gasteiger partial charge in [-0.25, -0.2) is 4.79 Å². The van der Waals surface area contributed by atoms with Crippen LogP contribution in [0.5, 0.6) is 11.7 Å². The number of benzene rings is 1. The number of rotatable bonds is 3. The first-order valence-electron chi connectivity index (χ1n) is 4.91. The zero-order valence-electron chi connectivity index (χ0n) is 9.28. The van der Waals surface area contributed by atoms with Crippen LogP contribution in [0.1, 0.15) is 10.6 Å². The molecule has 0 saturated heterocycles. The number of halogens is 2. The molecule has 0 atom stereocenters. The van der Waals surface area contributed by atoms with Gasteiger partial charge in [0.25, 0.3) is 5.95 Å². The molecule has 0 aliphatic rings. The quantitative estimate of drug-likeness (QED) is 0.795. The zero-order chi connectivity index (χ0) is 13.1. The van der Waals surface area contributed by atoms with Gasteiger partial charge in [-0.05, 0) is 24.3 Å². The summed E-state index contributed by atoms with van der Waals surface area (Å²) < 4.78 is 15.0. The van der Waals surface area contributed by atoms with E-state index < -0.39 is 5.97 Å². The minimum absolute atomic E-state index is 0.0533. The number of ether oxygens (including phenoxy) is 2. The molecule has 0 aliphatic heterocycles. The third-order valence-electron chi connectivity index (χ3n) is 2.07. The third-order valence-corrected chi connectivity index (χ3v) is 2.60. The molecule has 94 valence electrons. The van der Waals surface area contributed by atoms with Gasteiger partial charge in [0.15, 0.2) is 0 Å². The summed E-state index contributed by atoms with van der Waals surface area (Å²) in [6.45, 7) is 0. The van der Waals surface area contributed by atoms with Gasteiger partial charge in [-0.2, -0.15) is 0 Å². The van der Waals surface area contributed by atoms with Crippen LogP contribution in [0, 0.1) is 0 Å². The van der Waals surface area contributed by atoms with Gasteiger partial charge in [0.2, 0.25) is 5.76 Å². The number of methoxy groups -OCH3 is 1. The van der Waals surface area contributed by atoms with Crippen molar-refractivity contribution in [3.63, 3.8) is 0 Å². The molecular formula is C12H8Cl2O4. The van der Waals surface area contributed by atoms with Crippen molar-refractivity contribution in [2.75, 3.05) is 7.11 Å².